The van der Waals surface area contributed by atoms with Gasteiger partial charge < -0.3 is 9.73 Å². The molecular weight excluding hydrogens is 280 g/mol. The molecule has 7 nitrogen and oxygen atoms in total. The minimum absolute atomic E-state index is 0.392. The van der Waals surface area contributed by atoms with Crippen LogP contribution in [0.3, 0.4) is 0 Å². The van der Waals surface area contributed by atoms with Crippen LogP contribution in [0.2, 0.25) is 0 Å². The maximum Gasteiger partial charge on any atom is 0.316 e. The highest BCUT2D eigenvalue weighted by Gasteiger charge is 2.08. The van der Waals surface area contributed by atoms with Crippen LogP contribution in [0.5, 0.6) is 0 Å². The number of hydrogen-bond donors (Lipinski definition) is 1. The van der Waals surface area contributed by atoms with Gasteiger partial charge in [-0.05, 0) is 18.1 Å². The lowest BCUT2D eigenvalue weighted by molar-refractivity contribution is 0.483. The molecule has 0 spiro atoms. The Morgan fingerprint density at radius 1 is 1.23 bits per heavy atom. The summed E-state index contributed by atoms with van der Waals surface area (Å²) in [5.41, 5.74) is 1.92. The minimum atomic E-state index is 0.392. The SMILES string of the molecule is CC(C)Cn1cc(CNc2nnc(-c3ccncc3)o2)cn1. The predicted octanol–water partition coefficient (Wildman–Crippen LogP) is 2.60. The van der Waals surface area contributed by atoms with Gasteiger partial charge in [-0.1, -0.05) is 18.9 Å². The molecule has 114 valence electrons. The molecule has 0 saturated heterocycles. The second kappa shape index (κ2) is 6.38. The molecule has 3 heterocycles. The highest BCUT2D eigenvalue weighted by Crippen LogP contribution is 2.18. The van der Waals surface area contributed by atoms with Crippen molar-refractivity contribution in [3.8, 4) is 11.5 Å². The molecule has 0 amide bonds. The van der Waals surface area contributed by atoms with Crippen LogP contribution in [0.4, 0.5) is 6.01 Å². The summed E-state index contributed by atoms with van der Waals surface area (Å²) in [4.78, 5) is 3.96. The third kappa shape index (κ3) is 3.49. The zero-order chi connectivity index (χ0) is 15.4. The summed E-state index contributed by atoms with van der Waals surface area (Å²) in [5, 5.41) is 15.4. The van der Waals surface area contributed by atoms with Gasteiger partial charge >= 0.3 is 6.01 Å². The second-order valence-electron chi connectivity index (χ2n) is 5.47. The second-order valence-corrected chi connectivity index (χ2v) is 5.47. The monoisotopic (exact) mass is 298 g/mol. The van der Waals surface area contributed by atoms with E-state index in [1.807, 2.05) is 29.2 Å². The van der Waals surface area contributed by atoms with Gasteiger partial charge in [-0.15, -0.1) is 5.10 Å². The number of aromatic nitrogens is 5. The molecule has 0 aromatic carbocycles. The molecule has 7 heteroatoms. The Hall–Kier alpha value is -2.70. The Kier molecular flexibility index (Phi) is 4.13. The van der Waals surface area contributed by atoms with E-state index < -0.39 is 0 Å². The van der Waals surface area contributed by atoms with Gasteiger partial charge in [0.25, 0.3) is 0 Å². The Morgan fingerprint density at radius 3 is 2.82 bits per heavy atom. The molecular formula is C15H18N6O. The van der Waals surface area contributed by atoms with Crippen molar-refractivity contribution in [2.75, 3.05) is 5.32 Å². The van der Waals surface area contributed by atoms with Crippen LogP contribution in [0, 0.1) is 5.92 Å². The molecule has 0 atom stereocenters. The first-order chi connectivity index (χ1) is 10.7. The van der Waals surface area contributed by atoms with Crippen LogP contribution in [-0.4, -0.2) is 25.0 Å². The minimum Gasteiger partial charge on any atom is -0.403 e. The first-order valence-corrected chi connectivity index (χ1v) is 7.20. The van der Waals surface area contributed by atoms with Gasteiger partial charge in [0.1, 0.15) is 0 Å². The zero-order valence-corrected chi connectivity index (χ0v) is 12.6. The number of rotatable bonds is 6. The zero-order valence-electron chi connectivity index (χ0n) is 12.6. The summed E-state index contributed by atoms with van der Waals surface area (Å²) in [6.45, 7) is 5.83. The maximum atomic E-state index is 5.57. The molecule has 0 aliphatic rings. The van der Waals surface area contributed by atoms with Crippen molar-refractivity contribution in [3.05, 3.63) is 42.5 Å². The van der Waals surface area contributed by atoms with Crippen molar-refractivity contribution >= 4 is 6.01 Å². The van der Waals surface area contributed by atoms with Gasteiger partial charge in [0, 0.05) is 42.8 Å². The first kappa shape index (κ1) is 14.2. The average molecular weight is 298 g/mol. The molecule has 0 fully saturated rings. The van der Waals surface area contributed by atoms with Gasteiger partial charge in [-0.25, -0.2) is 0 Å². The van der Waals surface area contributed by atoms with Gasteiger partial charge in [-0.3, -0.25) is 9.67 Å². The Labute approximate surface area is 128 Å². The average Bonchev–Trinajstić information content (AvgIpc) is 3.15. The fourth-order valence-corrected chi connectivity index (χ4v) is 2.06. The third-order valence-corrected chi connectivity index (χ3v) is 3.03. The molecule has 3 rings (SSSR count). The Bertz CT molecular complexity index is 718. The van der Waals surface area contributed by atoms with E-state index in [2.05, 4.69) is 39.4 Å². The van der Waals surface area contributed by atoms with Crippen LogP contribution in [0.1, 0.15) is 19.4 Å². The summed E-state index contributed by atoms with van der Waals surface area (Å²) >= 11 is 0. The number of nitrogens with zero attached hydrogens (tertiary/aromatic N) is 5. The maximum absolute atomic E-state index is 5.57. The molecule has 22 heavy (non-hydrogen) atoms. The number of hydrogen-bond acceptors (Lipinski definition) is 6. The molecule has 1 N–H and O–H groups in total. The summed E-state index contributed by atoms with van der Waals surface area (Å²) in [5.74, 6) is 1.04. The van der Waals surface area contributed by atoms with E-state index in [9.17, 15) is 0 Å². The largest absolute Gasteiger partial charge is 0.403 e. The normalized spacial score (nSPS) is 11.0. The first-order valence-electron chi connectivity index (χ1n) is 7.20. The van der Waals surface area contributed by atoms with Gasteiger partial charge in [0.2, 0.25) is 5.89 Å². The van der Waals surface area contributed by atoms with E-state index in [4.69, 9.17) is 4.42 Å². The lowest BCUT2D eigenvalue weighted by Gasteiger charge is -2.03. The Balaban J connectivity index is 1.60. The van der Waals surface area contributed by atoms with E-state index in [1.165, 1.54) is 0 Å². The van der Waals surface area contributed by atoms with Crippen molar-refractivity contribution in [1.82, 2.24) is 25.0 Å². The predicted molar refractivity (Wildman–Crippen MR) is 81.9 cm³/mol. The fourth-order valence-electron chi connectivity index (χ4n) is 2.06. The van der Waals surface area contributed by atoms with Crippen LogP contribution in [-0.2, 0) is 13.1 Å². The number of pyridine rings is 1. The van der Waals surface area contributed by atoms with Crippen molar-refractivity contribution in [2.45, 2.75) is 26.9 Å². The smallest absolute Gasteiger partial charge is 0.316 e. The summed E-state index contributed by atoms with van der Waals surface area (Å²) in [7, 11) is 0. The fraction of sp³-hybridized carbons (Fsp3) is 0.333. The highest BCUT2D eigenvalue weighted by atomic mass is 16.4. The van der Waals surface area contributed by atoms with E-state index in [0.29, 0.717) is 24.4 Å². The Morgan fingerprint density at radius 2 is 2.05 bits per heavy atom. The quantitative estimate of drug-likeness (QED) is 0.753. The van der Waals surface area contributed by atoms with E-state index in [0.717, 1.165) is 17.7 Å². The van der Waals surface area contributed by atoms with E-state index >= 15 is 0 Å². The van der Waals surface area contributed by atoms with Crippen molar-refractivity contribution in [3.63, 3.8) is 0 Å². The number of anilines is 1. The van der Waals surface area contributed by atoms with Crippen LogP contribution in [0.25, 0.3) is 11.5 Å². The van der Waals surface area contributed by atoms with Gasteiger partial charge in [-0.2, -0.15) is 5.10 Å². The standard InChI is InChI=1S/C15H18N6O/c1-11(2)9-21-10-12(8-18-21)7-17-15-20-19-14(22-15)13-3-5-16-6-4-13/h3-6,8,10-11H,7,9H2,1-2H3,(H,17,20). The van der Waals surface area contributed by atoms with E-state index in [1.54, 1.807) is 12.4 Å². The topological polar surface area (TPSA) is 81.7 Å². The molecule has 0 aliphatic heterocycles. The highest BCUT2D eigenvalue weighted by molar-refractivity contribution is 5.51. The van der Waals surface area contributed by atoms with Crippen LogP contribution < -0.4 is 5.32 Å². The molecule has 0 aliphatic carbocycles. The van der Waals surface area contributed by atoms with Crippen molar-refractivity contribution < 1.29 is 4.42 Å². The number of nitrogens with one attached hydrogen (secondary N) is 1. The lowest BCUT2D eigenvalue weighted by atomic mass is 10.2. The summed E-state index contributed by atoms with van der Waals surface area (Å²) in [6.07, 6.45) is 7.24. The van der Waals surface area contributed by atoms with Crippen LogP contribution >= 0.6 is 0 Å². The molecule has 3 aromatic rings. The van der Waals surface area contributed by atoms with Crippen molar-refractivity contribution in [2.24, 2.45) is 5.92 Å². The molecule has 0 saturated carbocycles. The third-order valence-electron chi connectivity index (χ3n) is 3.03. The lowest BCUT2D eigenvalue weighted by Crippen LogP contribution is -2.04. The van der Waals surface area contributed by atoms with E-state index in [-0.39, 0.29) is 0 Å². The molecule has 0 unspecified atom stereocenters. The van der Waals surface area contributed by atoms with Crippen molar-refractivity contribution in [1.29, 1.82) is 0 Å². The molecule has 3 aromatic heterocycles. The molecule has 0 bridgehead atoms. The summed E-state index contributed by atoms with van der Waals surface area (Å²) < 4.78 is 7.52. The summed E-state index contributed by atoms with van der Waals surface area (Å²) in [6, 6.07) is 4.05. The van der Waals surface area contributed by atoms with Crippen LogP contribution in [0.15, 0.2) is 41.3 Å². The van der Waals surface area contributed by atoms with Gasteiger partial charge in [0.15, 0.2) is 0 Å². The molecule has 0 radical (unpaired) electrons. The van der Waals surface area contributed by atoms with Gasteiger partial charge in [0.05, 0.1) is 6.20 Å².